The first-order valence-corrected chi connectivity index (χ1v) is 8.16. The number of fused-ring (bicyclic) bond motifs is 1. The van der Waals surface area contributed by atoms with E-state index >= 15 is 0 Å². The molecule has 1 atom stereocenters. The van der Waals surface area contributed by atoms with Crippen LogP contribution in [0.2, 0.25) is 0 Å². The molecule has 0 radical (unpaired) electrons. The van der Waals surface area contributed by atoms with Gasteiger partial charge in [-0.2, -0.15) is 13.0 Å². The van der Waals surface area contributed by atoms with Gasteiger partial charge >= 0.3 is 0 Å². The minimum Gasteiger partial charge on any atom is -0.286 e. The van der Waals surface area contributed by atoms with Crippen molar-refractivity contribution in [1.29, 1.82) is 0 Å². The van der Waals surface area contributed by atoms with Crippen LogP contribution in [0, 0.1) is 0 Å². The molecule has 0 fully saturated rings. The molecule has 0 bridgehead atoms. The van der Waals surface area contributed by atoms with Crippen LogP contribution in [0.15, 0.2) is 24.3 Å². The zero-order chi connectivity index (χ0) is 14.0. The Labute approximate surface area is 114 Å². The zero-order valence-corrected chi connectivity index (χ0v) is 12.2. The average molecular weight is 282 g/mol. The number of para-hydroxylation sites is 1. The summed E-state index contributed by atoms with van der Waals surface area (Å²) in [5.41, 5.74) is 3.85. The van der Waals surface area contributed by atoms with Crippen LogP contribution in [0.25, 0.3) is 0 Å². The molecule has 1 aromatic carbocycles. The Bertz CT molecular complexity index is 605. The molecule has 1 aliphatic heterocycles. The van der Waals surface area contributed by atoms with Crippen LogP contribution < -0.4 is 0 Å². The quantitative estimate of drug-likeness (QED) is 0.513. The van der Waals surface area contributed by atoms with Gasteiger partial charge in [0, 0.05) is 25.0 Å². The third kappa shape index (κ3) is 3.22. The standard InChI is InChI=1S/C14H19NO3S/c1-11-12(2)15(9-5-6-10-19(16,17)18)14-8-4-3-7-13(11)14/h3-4,7-8,11H,5-6,9-10H2,1-2H3/p+1. The third-order valence-corrected chi connectivity index (χ3v) is 4.59. The zero-order valence-electron chi connectivity index (χ0n) is 11.3. The molecule has 0 saturated heterocycles. The van der Waals surface area contributed by atoms with Gasteiger partial charge in [0.05, 0.1) is 11.7 Å². The Hall–Kier alpha value is -1.20. The molecular weight excluding hydrogens is 262 g/mol. The van der Waals surface area contributed by atoms with Gasteiger partial charge in [-0.1, -0.05) is 18.2 Å². The van der Waals surface area contributed by atoms with Crippen LogP contribution in [-0.4, -0.2) is 35.6 Å². The number of rotatable bonds is 5. The molecule has 4 nitrogen and oxygen atoms in total. The van der Waals surface area contributed by atoms with Crippen molar-refractivity contribution in [1.82, 2.24) is 0 Å². The Kier molecular flexibility index (Phi) is 4.06. The second-order valence-corrected chi connectivity index (χ2v) is 6.64. The summed E-state index contributed by atoms with van der Waals surface area (Å²) < 4.78 is 32.3. The first kappa shape index (κ1) is 14.2. The maximum Gasteiger partial charge on any atom is 0.264 e. The predicted molar refractivity (Wildman–Crippen MR) is 76.0 cm³/mol. The monoisotopic (exact) mass is 282 g/mol. The van der Waals surface area contributed by atoms with Crippen LogP contribution in [0.5, 0.6) is 0 Å². The minimum absolute atomic E-state index is 0.156. The van der Waals surface area contributed by atoms with Gasteiger partial charge in [-0.3, -0.25) is 4.55 Å². The van der Waals surface area contributed by atoms with Crippen molar-refractivity contribution < 1.29 is 17.5 Å². The van der Waals surface area contributed by atoms with Crippen molar-refractivity contribution in [2.24, 2.45) is 0 Å². The molecule has 1 unspecified atom stereocenters. The first-order valence-electron chi connectivity index (χ1n) is 6.55. The lowest BCUT2D eigenvalue weighted by Crippen LogP contribution is -2.14. The van der Waals surface area contributed by atoms with E-state index < -0.39 is 10.1 Å². The number of nitrogens with zero attached hydrogens (tertiary/aromatic N) is 1. The third-order valence-electron chi connectivity index (χ3n) is 3.78. The molecule has 0 amide bonds. The first-order chi connectivity index (χ1) is 8.90. The van der Waals surface area contributed by atoms with Crippen LogP contribution in [0.4, 0.5) is 5.69 Å². The van der Waals surface area contributed by atoms with Crippen molar-refractivity contribution in [3.63, 3.8) is 0 Å². The summed E-state index contributed by atoms with van der Waals surface area (Å²) in [6, 6.07) is 8.31. The molecule has 0 saturated carbocycles. The number of hydrogen-bond donors (Lipinski definition) is 1. The van der Waals surface area contributed by atoms with E-state index in [1.807, 2.05) is 12.1 Å². The maximum absolute atomic E-state index is 10.7. The fraction of sp³-hybridized carbons (Fsp3) is 0.500. The highest BCUT2D eigenvalue weighted by atomic mass is 32.2. The number of hydrogen-bond acceptors (Lipinski definition) is 2. The molecule has 1 aliphatic rings. The topological polar surface area (TPSA) is 57.4 Å². The molecule has 1 heterocycles. The highest BCUT2D eigenvalue weighted by molar-refractivity contribution is 7.85. The van der Waals surface area contributed by atoms with Gasteiger partial charge < -0.3 is 0 Å². The van der Waals surface area contributed by atoms with Crippen LogP contribution in [0.1, 0.15) is 38.2 Å². The SMILES string of the molecule is CC1=[N+](CCCCS(=O)(=O)O)c2ccccc2C1C. The predicted octanol–water partition coefficient (Wildman–Crippen LogP) is 2.58. The fourth-order valence-electron chi connectivity index (χ4n) is 2.60. The number of unbranched alkanes of at least 4 members (excludes halogenated alkanes) is 1. The lowest BCUT2D eigenvalue weighted by molar-refractivity contribution is -0.439. The second-order valence-electron chi connectivity index (χ2n) is 5.07. The van der Waals surface area contributed by atoms with E-state index in [0.717, 1.165) is 13.0 Å². The van der Waals surface area contributed by atoms with Crippen LogP contribution in [0.3, 0.4) is 0 Å². The van der Waals surface area contributed by atoms with Gasteiger partial charge in [0.15, 0.2) is 5.71 Å². The summed E-state index contributed by atoms with van der Waals surface area (Å²) in [4.78, 5) is 0. The molecule has 19 heavy (non-hydrogen) atoms. The molecule has 0 aliphatic carbocycles. The van der Waals surface area contributed by atoms with Gasteiger partial charge in [-0.05, 0) is 13.3 Å². The average Bonchev–Trinajstić information content (AvgIpc) is 2.58. The van der Waals surface area contributed by atoms with E-state index in [2.05, 4.69) is 30.6 Å². The molecule has 2 rings (SSSR count). The maximum atomic E-state index is 10.7. The van der Waals surface area contributed by atoms with Gasteiger partial charge in [-0.15, -0.1) is 0 Å². The van der Waals surface area contributed by atoms with E-state index in [4.69, 9.17) is 4.55 Å². The molecular formula is C14H20NO3S+. The van der Waals surface area contributed by atoms with Gasteiger partial charge in [0.2, 0.25) is 5.69 Å². The summed E-state index contributed by atoms with van der Waals surface area (Å²) in [7, 11) is -3.83. The largest absolute Gasteiger partial charge is 0.286 e. The summed E-state index contributed by atoms with van der Waals surface area (Å²) in [6.45, 7) is 5.10. The summed E-state index contributed by atoms with van der Waals surface area (Å²) in [5, 5.41) is 0. The van der Waals surface area contributed by atoms with Crippen molar-refractivity contribution in [2.75, 3.05) is 12.3 Å². The second kappa shape index (κ2) is 5.43. The highest BCUT2D eigenvalue weighted by Gasteiger charge is 2.32. The molecule has 0 spiro atoms. The summed E-state index contributed by atoms with van der Waals surface area (Å²) in [5.74, 6) is 0.259. The van der Waals surface area contributed by atoms with Crippen molar-refractivity contribution in [3.8, 4) is 0 Å². The molecule has 104 valence electrons. The molecule has 5 heteroatoms. The van der Waals surface area contributed by atoms with Crippen molar-refractivity contribution in [3.05, 3.63) is 29.8 Å². The van der Waals surface area contributed by atoms with E-state index in [0.29, 0.717) is 12.3 Å². The van der Waals surface area contributed by atoms with Crippen LogP contribution >= 0.6 is 0 Å². The minimum atomic E-state index is -3.83. The van der Waals surface area contributed by atoms with E-state index in [9.17, 15) is 8.42 Å². The van der Waals surface area contributed by atoms with Gasteiger partial charge in [-0.25, -0.2) is 0 Å². The highest BCUT2D eigenvalue weighted by Crippen LogP contribution is 2.34. The van der Waals surface area contributed by atoms with Gasteiger partial charge in [0.1, 0.15) is 6.54 Å². The van der Waals surface area contributed by atoms with Crippen LogP contribution in [-0.2, 0) is 10.1 Å². The lowest BCUT2D eigenvalue weighted by Gasteiger charge is -2.01. The Balaban J connectivity index is 2.04. The summed E-state index contributed by atoms with van der Waals surface area (Å²) in [6.07, 6.45) is 1.23. The van der Waals surface area contributed by atoms with E-state index in [-0.39, 0.29) is 5.75 Å². The fourth-order valence-corrected chi connectivity index (χ4v) is 3.17. The molecule has 1 aromatic rings. The van der Waals surface area contributed by atoms with E-state index in [1.165, 1.54) is 17.0 Å². The van der Waals surface area contributed by atoms with Crippen molar-refractivity contribution >= 4 is 21.5 Å². The van der Waals surface area contributed by atoms with Gasteiger partial charge in [0.25, 0.3) is 10.1 Å². The molecule has 0 aromatic heterocycles. The number of benzene rings is 1. The lowest BCUT2D eigenvalue weighted by atomic mass is 9.99. The van der Waals surface area contributed by atoms with E-state index in [1.54, 1.807) is 0 Å². The Morgan fingerprint density at radius 2 is 1.95 bits per heavy atom. The van der Waals surface area contributed by atoms with Crippen molar-refractivity contribution in [2.45, 2.75) is 32.6 Å². The Morgan fingerprint density at radius 1 is 1.26 bits per heavy atom. The normalized spacial score (nSPS) is 18.8. The Morgan fingerprint density at radius 3 is 2.63 bits per heavy atom. The smallest absolute Gasteiger partial charge is 0.264 e. The molecule has 1 N–H and O–H groups in total. The summed E-state index contributed by atoms with van der Waals surface area (Å²) >= 11 is 0.